The summed E-state index contributed by atoms with van der Waals surface area (Å²) in [4.78, 5) is 32.9. The molecule has 27 heavy (non-hydrogen) atoms. The molecular formula is C17H18F2N4O4. The van der Waals surface area contributed by atoms with E-state index in [4.69, 9.17) is 4.74 Å². The van der Waals surface area contributed by atoms with Crippen LogP contribution in [0.4, 0.5) is 20.3 Å². The summed E-state index contributed by atoms with van der Waals surface area (Å²) in [6.07, 6.45) is -0.173. The van der Waals surface area contributed by atoms with Crippen molar-refractivity contribution in [3.8, 4) is 5.75 Å². The molecule has 1 aromatic carbocycles. The van der Waals surface area contributed by atoms with Crippen molar-refractivity contribution >= 4 is 17.4 Å². The van der Waals surface area contributed by atoms with Crippen LogP contribution >= 0.6 is 0 Å². The number of aromatic amines is 1. The van der Waals surface area contributed by atoms with Gasteiger partial charge >= 0.3 is 6.61 Å². The first-order chi connectivity index (χ1) is 13.0. The van der Waals surface area contributed by atoms with E-state index in [0.29, 0.717) is 37.8 Å². The number of hydrogen-bond donors (Lipinski definition) is 2. The SMILES string of the molecule is O=C(Cc1nc(N2CCOCC2)cc(=O)[nH]1)Nc1cccc(OC(F)F)c1. The molecule has 1 aliphatic heterocycles. The highest BCUT2D eigenvalue weighted by Crippen LogP contribution is 2.19. The normalized spacial score (nSPS) is 14.3. The Morgan fingerprint density at radius 2 is 2.11 bits per heavy atom. The van der Waals surface area contributed by atoms with Crippen LogP contribution in [0, 0.1) is 0 Å². The average molecular weight is 380 g/mol. The van der Waals surface area contributed by atoms with Crippen molar-refractivity contribution in [2.45, 2.75) is 13.0 Å². The molecule has 1 aromatic heterocycles. The number of alkyl halides is 2. The standard InChI is InChI=1S/C17H18F2N4O4/c18-17(19)27-12-3-1-2-11(8-12)20-15(24)9-13-21-14(10-16(25)22-13)23-4-6-26-7-5-23/h1-3,8,10,17H,4-7,9H2,(H,20,24)(H,21,22,25). The number of hydrogen-bond acceptors (Lipinski definition) is 6. The lowest BCUT2D eigenvalue weighted by Gasteiger charge is -2.27. The van der Waals surface area contributed by atoms with Crippen LogP contribution in [0.15, 0.2) is 35.1 Å². The fourth-order valence-electron chi connectivity index (χ4n) is 2.64. The zero-order valence-corrected chi connectivity index (χ0v) is 14.3. The molecule has 1 saturated heterocycles. The number of nitrogens with zero attached hydrogens (tertiary/aromatic N) is 2. The van der Waals surface area contributed by atoms with Gasteiger partial charge in [-0.1, -0.05) is 6.07 Å². The molecule has 10 heteroatoms. The first-order valence-corrected chi connectivity index (χ1v) is 8.27. The van der Waals surface area contributed by atoms with Gasteiger partial charge in [-0.25, -0.2) is 4.98 Å². The molecule has 0 unspecified atom stereocenters. The van der Waals surface area contributed by atoms with Crippen LogP contribution in [0.5, 0.6) is 5.75 Å². The Kier molecular flexibility index (Phi) is 5.97. The lowest BCUT2D eigenvalue weighted by atomic mass is 10.3. The van der Waals surface area contributed by atoms with Gasteiger partial charge in [0.25, 0.3) is 5.56 Å². The van der Waals surface area contributed by atoms with Gasteiger partial charge in [0.05, 0.1) is 19.6 Å². The molecule has 3 rings (SSSR count). The van der Waals surface area contributed by atoms with Crippen molar-refractivity contribution in [1.82, 2.24) is 9.97 Å². The van der Waals surface area contributed by atoms with E-state index < -0.39 is 12.5 Å². The summed E-state index contributed by atoms with van der Waals surface area (Å²) in [5.41, 5.74) is -0.0635. The molecule has 1 fully saturated rings. The number of benzene rings is 1. The number of carbonyl (C=O) groups excluding carboxylic acids is 1. The van der Waals surface area contributed by atoms with Gasteiger partial charge in [0.1, 0.15) is 17.4 Å². The largest absolute Gasteiger partial charge is 0.435 e. The minimum Gasteiger partial charge on any atom is -0.435 e. The van der Waals surface area contributed by atoms with E-state index in [-0.39, 0.29) is 23.6 Å². The van der Waals surface area contributed by atoms with Gasteiger partial charge in [-0.15, -0.1) is 0 Å². The fraction of sp³-hybridized carbons (Fsp3) is 0.353. The smallest absolute Gasteiger partial charge is 0.387 e. The lowest BCUT2D eigenvalue weighted by molar-refractivity contribution is -0.115. The molecule has 0 atom stereocenters. The average Bonchev–Trinajstić information content (AvgIpc) is 2.61. The second-order valence-corrected chi connectivity index (χ2v) is 5.78. The number of ether oxygens (including phenoxy) is 2. The summed E-state index contributed by atoms with van der Waals surface area (Å²) >= 11 is 0. The van der Waals surface area contributed by atoms with Crippen molar-refractivity contribution in [3.05, 3.63) is 46.5 Å². The summed E-state index contributed by atoms with van der Waals surface area (Å²) < 4.78 is 34.1. The number of H-pyrrole nitrogens is 1. The second-order valence-electron chi connectivity index (χ2n) is 5.78. The number of rotatable bonds is 6. The van der Waals surface area contributed by atoms with Crippen molar-refractivity contribution in [3.63, 3.8) is 0 Å². The number of aromatic nitrogens is 2. The van der Waals surface area contributed by atoms with E-state index in [0.717, 1.165) is 0 Å². The summed E-state index contributed by atoms with van der Waals surface area (Å²) in [6.45, 7) is -0.645. The maximum atomic E-state index is 12.3. The number of carbonyl (C=O) groups is 1. The molecule has 1 amide bonds. The van der Waals surface area contributed by atoms with Gasteiger partial charge in [0.15, 0.2) is 0 Å². The molecule has 144 valence electrons. The molecule has 0 aliphatic carbocycles. The Bertz CT molecular complexity index is 853. The summed E-state index contributed by atoms with van der Waals surface area (Å²) in [7, 11) is 0. The van der Waals surface area contributed by atoms with Crippen molar-refractivity contribution < 1.29 is 23.0 Å². The zero-order valence-electron chi connectivity index (χ0n) is 14.3. The predicted octanol–water partition coefficient (Wildman–Crippen LogP) is 1.39. The number of nitrogens with one attached hydrogen (secondary N) is 2. The van der Waals surface area contributed by atoms with E-state index in [1.165, 1.54) is 30.3 Å². The maximum absolute atomic E-state index is 12.3. The Morgan fingerprint density at radius 3 is 2.85 bits per heavy atom. The highest BCUT2D eigenvalue weighted by Gasteiger charge is 2.15. The third-order valence-corrected chi connectivity index (χ3v) is 3.78. The molecule has 0 radical (unpaired) electrons. The number of halogens is 2. The van der Waals surface area contributed by atoms with E-state index in [9.17, 15) is 18.4 Å². The Balaban J connectivity index is 1.67. The predicted molar refractivity (Wildman–Crippen MR) is 93.3 cm³/mol. The van der Waals surface area contributed by atoms with Crippen LogP contribution in [-0.2, 0) is 16.0 Å². The van der Waals surface area contributed by atoms with Crippen LogP contribution in [-0.4, -0.2) is 48.8 Å². The van der Waals surface area contributed by atoms with Crippen LogP contribution in [0.3, 0.4) is 0 Å². The number of amides is 1. The zero-order chi connectivity index (χ0) is 19.2. The second kappa shape index (κ2) is 8.58. The van der Waals surface area contributed by atoms with Gasteiger partial charge in [-0.3, -0.25) is 9.59 Å². The monoisotopic (exact) mass is 380 g/mol. The van der Waals surface area contributed by atoms with Crippen molar-refractivity contribution in [2.75, 3.05) is 36.5 Å². The van der Waals surface area contributed by atoms with Gasteiger partial charge in [0, 0.05) is 30.9 Å². The Morgan fingerprint density at radius 1 is 1.33 bits per heavy atom. The summed E-state index contributed by atoms with van der Waals surface area (Å²) in [6, 6.07) is 7.03. The van der Waals surface area contributed by atoms with Crippen molar-refractivity contribution in [1.29, 1.82) is 0 Å². The number of anilines is 2. The first-order valence-electron chi connectivity index (χ1n) is 8.27. The van der Waals surface area contributed by atoms with E-state index in [1.54, 1.807) is 0 Å². The third-order valence-electron chi connectivity index (χ3n) is 3.78. The highest BCUT2D eigenvalue weighted by molar-refractivity contribution is 5.92. The van der Waals surface area contributed by atoms with Crippen LogP contribution < -0.4 is 20.5 Å². The molecule has 0 bridgehead atoms. The van der Waals surface area contributed by atoms with Gasteiger partial charge in [-0.2, -0.15) is 8.78 Å². The molecule has 8 nitrogen and oxygen atoms in total. The Labute approximate surface area is 153 Å². The molecule has 1 aliphatic rings. The summed E-state index contributed by atoms with van der Waals surface area (Å²) in [5.74, 6) is 0.175. The number of morpholine rings is 1. The minimum absolute atomic E-state index is 0.0661. The van der Waals surface area contributed by atoms with Crippen LogP contribution in [0.1, 0.15) is 5.82 Å². The van der Waals surface area contributed by atoms with Crippen molar-refractivity contribution in [2.24, 2.45) is 0 Å². The topological polar surface area (TPSA) is 96.6 Å². The summed E-state index contributed by atoms with van der Waals surface area (Å²) in [5, 5.41) is 2.56. The van der Waals surface area contributed by atoms with Crippen LogP contribution in [0.25, 0.3) is 0 Å². The molecule has 2 aromatic rings. The van der Waals surface area contributed by atoms with Gasteiger partial charge < -0.3 is 24.7 Å². The Hall–Kier alpha value is -3.01. The maximum Gasteiger partial charge on any atom is 0.387 e. The molecule has 0 saturated carbocycles. The lowest BCUT2D eigenvalue weighted by Crippen LogP contribution is -2.37. The third kappa shape index (κ3) is 5.48. The van der Waals surface area contributed by atoms with E-state index in [2.05, 4.69) is 20.0 Å². The molecule has 2 N–H and O–H groups in total. The molecule has 0 spiro atoms. The highest BCUT2D eigenvalue weighted by atomic mass is 19.3. The molecular weight excluding hydrogens is 362 g/mol. The van der Waals surface area contributed by atoms with Crippen LogP contribution in [0.2, 0.25) is 0 Å². The minimum atomic E-state index is -2.95. The first kappa shape index (κ1) is 18.8. The van der Waals surface area contributed by atoms with Gasteiger partial charge in [-0.05, 0) is 12.1 Å². The van der Waals surface area contributed by atoms with Gasteiger partial charge in [0.2, 0.25) is 5.91 Å². The van der Waals surface area contributed by atoms with E-state index in [1.807, 2.05) is 4.90 Å². The fourth-order valence-corrected chi connectivity index (χ4v) is 2.64. The van der Waals surface area contributed by atoms with E-state index >= 15 is 0 Å². The molecule has 2 heterocycles. The quantitative estimate of drug-likeness (QED) is 0.786.